The van der Waals surface area contributed by atoms with Gasteiger partial charge in [0.15, 0.2) is 0 Å². The summed E-state index contributed by atoms with van der Waals surface area (Å²) in [5, 5.41) is 0. The van der Waals surface area contributed by atoms with Gasteiger partial charge < -0.3 is 28.4 Å². The van der Waals surface area contributed by atoms with E-state index >= 15 is 0 Å². The molecule has 0 atom stereocenters. The molecule has 0 aliphatic heterocycles. The lowest BCUT2D eigenvalue weighted by molar-refractivity contribution is 0.130. The normalized spacial score (nSPS) is 10.6. The minimum atomic E-state index is -0.535. The Bertz CT molecular complexity index is 3490. The predicted molar refractivity (Wildman–Crippen MR) is 393 cm³/mol. The highest BCUT2D eigenvalue weighted by atomic mass is 16.5. The lowest BCUT2D eigenvalue weighted by atomic mass is 10.1. The molecule has 0 spiro atoms. The summed E-state index contributed by atoms with van der Waals surface area (Å²) in [6.45, 7) is 23.0. The number of fused-ring (bicyclic) bond motifs is 12. The maximum Gasteiger partial charge on any atom is 0.125 e. The highest BCUT2D eigenvalue weighted by Crippen LogP contribution is 2.24. The standard InChI is InChI=1S/C86H98N6O6/c1-11-15-19-23-27-35-51-93-79-55-67-39-31-32-40-68-56-80(94-52-36-28-24-20-16-12-2)60-72(88-68)45-49-77-65-84(98-86(8,9)10)66-78(92-77)50-46-74-62-82(96-54-38-30-26-22-18-14-4)58-70(90-74)42-34-33-41-69-57-81(95-53-37-29-25-21-17-13-3)61-73(89-69)44-48-76-64-83(97-85(5,6)7)63-75(91-76)47-43-71(59-79)87-67/h55-66H,11-30,35-38,51-54H2,1-10H3. The summed E-state index contributed by atoms with van der Waals surface area (Å²) < 4.78 is 38.3. The Labute approximate surface area is 586 Å². The fourth-order valence-corrected chi connectivity index (χ4v) is 10.1. The van der Waals surface area contributed by atoms with Crippen molar-refractivity contribution in [1.82, 2.24) is 29.9 Å². The van der Waals surface area contributed by atoms with Gasteiger partial charge in [0.05, 0.1) is 26.4 Å². The van der Waals surface area contributed by atoms with Gasteiger partial charge in [-0.15, -0.1) is 0 Å². The minimum Gasteiger partial charge on any atom is -0.493 e. The number of nitrogens with zero attached hydrogens (tertiary/aromatic N) is 6. The molecule has 12 bridgehead atoms. The molecule has 0 aliphatic rings. The molecule has 7 aromatic heterocycles. The molecule has 0 aromatic carbocycles. The molecule has 508 valence electrons. The quantitative estimate of drug-likeness (QED) is 0.0356. The second kappa shape index (κ2) is 42.0. The summed E-state index contributed by atoms with van der Waals surface area (Å²) in [6, 6.07) is 72.4. The first-order chi connectivity index (χ1) is 47.6. The van der Waals surface area contributed by atoms with Gasteiger partial charge in [0.25, 0.3) is 0 Å². The number of pyridine rings is 6. The Morgan fingerprint density at radius 2 is 0.388 bits per heavy atom. The molecule has 12 nitrogen and oxygen atoms in total. The molecule has 0 radical (unpaired) electrons. The van der Waals surface area contributed by atoms with Crippen molar-refractivity contribution in [1.29, 1.82) is 0 Å². The molecule has 0 fully saturated rings. The Morgan fingerprint density at radius 3 is 0.571 bits per heavy atom. The lowest BCUT2D eigenvalue weighted by Gasteiger charge is -2.20. The van der Waals surface area contributed by atoms with Crippen LogP contribution < -0.4 is 28.4 Å². The molecule has 0 unspecified atom stereocenters. The van der Waals surface area contributed by atoms with Crippen LogP contribution in [-0.4, -0.2) is 67.5 Å². The van der Waals surface area contributed by atoms with Crippen molar-refractivity contribution in [2.75, 3.05) is 26.4 Å². The van der Waals surface area contributed by atoms with E-state index in [0.29, 0.717) is 127 Å². The van der Waals surface area contributed by atoms with Gasteiger partial charge in [0.1, 0.15) is 112 Å². The Balaban J connectivity index is 1.44. The van der Waals surface area contributed by atoms with Gasteiger partial charge >= 0.3 is 0 Å². The first-order valence-electron chi connectivity index (χ1n) is 35.7. The van der Waals surface area contributed by atoms with Crippen LogP contribution in [0.5, 0.6) is 34.5 Å². The van der Waals surface area contributed by atoms with E-state index < -0.39 is 11.2 Å². The Hall–Kier alpha value is -9.82. The van der Waals surface area contributed by atoms with Crippen molar-refractivity contribution in [3.8, 4) is 34.5 Å². The largest absolute Gasteiger partial charge is 0.493 e. The van der Waals surface area contributed by atoms with Gasteiger partial charge in [0, 0.05) is 72.8 Å². The average Bonchev–Trinajstić information content (AvgIpc) is 0.868. The molecule has 7 heterocycles. The SMILES string of the molecule is CCCCCCCCOc1cc2c#cc#cc3cc(OCCCCCCCC)cc(c#cc4cc(OC(C)(C)C)cc(c#cc5cc(OCCCCCCCC)cc(c#cc#cc6cc(OCCCCCCCC)cc(c#cc7cc(OC(C)(C)C)cc(c#cc(c1)n2)n7)n6)n5)n4)n3. The van der Waals surface area contributed by atoms with E-state index in [1.807, 2.05) is 90.1 Å². The third kappa shape index (κ3) is 30.9. The van der Waals surface area contributed by atoms with Gasteiger partial charge in [-0.3, -0.25) is 0 Å². The van der Waals surface area contributed by atoms with Gasteiger partial charge in [-0.05, 0) is 164 Å². The van der Waals surface area contributed by atoms with E-state index in [1.54, 1.807) is 24.3 Å². The third-order valence-corrected chi connectivity index (χ3v) is 14.9. The zero-order chi connectivity index (χ0) is 69.5. The zero-order valence-corrected chi connectivity index (χ0v) is 59.9. The minimum absolute atomic E-state index is 0.420. The summed E-state index contributed by atoms with van der Waals surface area (Å²) >= 11 is 0. The average molecular weight is 1310 g/mol. The van der Waals surface area contributed by atoms with Crippen LogP contribution in [0.15, 0.2) is 72.8 Å². The number of hydrogen-bond donors (Lipinski definition) is 0. The van der Waals surface area contributed by atoms with Crippen LogP contribution in [0, 0.1) is 97.1 Å². The summed E-state index contributed by atoms with van der Waals surface area (Å²) in [5.41, 5.74) is 4.06. The molecule has 0 saturated heterocycles. The van der Waals surface area contributed by atoms with E-state index in [1.165, 1.54) is 77.0 Å². The van der Waals surface area contributed by atoms with E-state index in [-0.39, 0.29) is 0 Å². The molecule has 0 saturated carbocycles. The summed E-state index contributed by atoms with van der Waals surface area (Å²) in [6.07, 6.45) is 27.1. The molecule has 12 heteroatoms. The van der Waals surface area contributed by atoms with E-state index in [4.69, 9.17) is 58.3 Å². The first-order valence-corrected chi connectivity index (χ1v) is 35.7. The van der Waals surface area contributed by atoms with Crippen molar-refractivity contribution in [3.63, 3.8) is 0 Å². The van der Waals surface area contributed by atoms with E-state index in [0.717, 1.165) is 77.0 Å². The van der Waals surface area contributed by atoms with Crippen LogP contribution in [0.2, 0.25) is 0 Å². The Kier molecular flexibility index (Phi) is 32.4. The number of aromatic nitrogens is 6. The summed E-state index contributed by atoms with van der Waals surface area (Å²) in [4.78, 5) is 29.2. The first kappa shape index (κ1) is 75.6. The van der Waals surface area contributed by atoms with Crippen molar-refractivity contribution < 1.29 is 28.4 Å². The summed E-state index contributed by atoms with van der Waals surface area (Å²) in [7, 11) is 0. The second-order valence-corrected chi connectivity index (χ2v) is 26.3. The van der Waals surface area contributed by atoms with Gasteiger partial charge in [-0.2, -0.15) is 0 Å². The van der Waals surface area contributed by atoms with Crippen LogP contribution in [0.3, 0.4) is 0 Å². The van der Waals surface area contributed by atoms with Gasteiger partial charge in [-0.1, -0.05) is 156 Å². The molecule has 0 N–H and O–H groups in total. The molecular formula is C86H98N6O6. The molecule has 0 amide bonds. The maximum absolute atomic E-state index is 6.41. The van der Waals surface area contributed by atoms with Crippen molar-refractivity contribution in [2.24, 2.45) is 0 Å². The molecular weight excluding hydrogens is 1210 g/mol. The van der Waals surface area contributed by atoms with E-state index in [9.17, 15) is 0 Å². The fraction of sp³-hybridized carbons (Fsp3) is 0.465. The monoisotopic (exact) mass is 1310 g/mol. The maximum atomic E-state index is 6.41. The molecule has 7 aromatic rings. The highest BCUT2D eigenvalue weighted by Gasteiger charge is 2.14. The third-order valence-electron chi connectivity index (χ3n) is 14.9. The highest BCUT2D eigenvalue weighted by molar-refractivity contribution is 5.64. The van der Waals surface area contributed by atoms with Crippen LogP contribution in [-0.2, 0) is 0 Å². The second-order valence-electron chi connectivity index (χ2n) is 26.3. The number of rotatable bonds is 34. The van der Waals surface area contributed by atoms with Crippen LogP contribution in [0.25, 0.3) is 66.2 Å². The predicted octanol–water partition coefficient (Wildman–Crippen LogP) is 21.3. The van der Waals surface area contributed by atoms with Crippen LogP contribution in [0.4, 0.5) is 0 Å². The van der Waals surface area contributed by atoms with Gasteiger partial charge in [-0.25, -0.2) is 29.9 Å². The lowest BCUT2D eigenvalue weighted by Crippen LogP contribution is -2.22. The van der Waals surface area contributed by atoms with Crippen molar-refractivity contribution >= 4 is 66.2 Å². The topological polar surface area (TPSA) is 133 Å². The molecule has 0 aliphatic carbocycles. The number of ether oxygens (including phenoxy) is 6. The smallest absolute Gasteiger partial charge is 0.125 e. The summed E-state index contributed by atoms with van der Waals surface area (Å²) in [5.74, 6) is 3.48. The Morgan fingerprint density at radius 1 is 0.224 bits per heavy atom. The number of hydrogen-bond acceptors (Lipinski definition) is 12. The van der Waals surface area contributed by atoms with Crippen molar-refractivity contribution in [3.05, 3.63) is 170 Å². The van der Waals surface area contributed by atoms with Gasteiger partial charge in [0.2, 0.25) is 0 Å². The number of unbranched alkanes of at least 4 members (excludes halogenated alkanes) is 20. The van der Waals surface area contributed by atoms with Crippen LogP contribution >= 0.6 is 0 Å². The fourth-order valence-electron chi connectivity index (χ4n) is 10.1. The molecule has 98 heavy (non-hydrogen) atoms. The van der Waals surface area contributed by atoms with E-state index in [2.05, 4.69) is 125 Å². The van der Waals surface area contributed by atoms with Crippen molar-refractivity contribution in [2.45, 2.75) is 235 Å². The zero-order valence-electron chi connectivity index (χ0n) is 59.9. The molecule has 7 rings (SSSR count). The van der Waals surface area contributed by atoms with Crippen LogP contribution in [0.1, 0.15) is 223 Å².